The number of carbonyl (C=O) groups is 1. The molecule has 1 heterocycles. The van der Waals surface area contributed by atoms with Gasteiger partial charge in [-0.2, -0.15) is 0 Å². The van der Waals surface area contributed by atoms with Crippen LogP contribution in [0.1, 0.15) is 43.4 Å². The van der Waals surface area contributed by atoms with Gasteiger partial charge in [0.2, 0.25) is 0 Å². The van der Waals surface area contributed by atoms with Crippen LogP contribution >= 0.6 is 11.3 Å². The summed E-state index contributed by atoms with van der Waals surface area (Å²) < 4.78 is 0. The molecule has 0 atom stereocenters. The largest absolute Gasteiger partial charge is 0.330 e. The van der Waals surface area contributed by atoms with Gasteiger partial charge in [0.25, 0.3) is 0 Å². The Morgan fingerprint density at radius 2 is 2.12 bits per heavy atom. The van der Waals surface area contributed by atoms with Crippen LogP contribution in [0.25, 0.3) is 0 Å². The molecule has 1 saturated carbocycles. The minimum absolute atomic E-state index is 0.118. The van der Waals surface area contributed by atoms with Crippen molar-refractivity contribution in [3.05, 3.63) is 22.4 Å². The first kappa shape index (κ1) is 12.8. The van der Waals surface area contributed by atoms with Gasteiger partial charge in [0.1, 0.15) is 5.78 Å². The van der Waals surface area contributed by atoms with Crippen LogP contribution in [0.4, 0.5) is 0 Å². The van der Waals surface area contributed by atoms with Gasteiger partial charge in [-0.25, -0.2) is 0 Å². The third-order valence-corrected chi connectivity index (χ3v) is 4.75. The zero-order valence-corrected chi connectivity index (χ0v) is 11.1. The van der Waals surface area contributed by atoms with E-state index in [1.54, 1.807) is 11.3 Å². The number of ketones is 1. The number of carbonyl (C=O) groups excluding carboxylic acids is 1. The maximum atomic E-state index is 12.1. The van der Waals surface area contributed by atoms with E-state index in [1.807, 2.05) is 17.5 Å². The van der Waals surface area contributed by atoms with Crippen LogP contribution in [0, 0.1) is 5.41 Å². The van der Waals surface area contributed by atoms with Crippen molar-refractivity contribution < 1.29 is 4.79 Å². The van der Waals surface area contributed by atoms with Gasteiger partial charge < -0.3 is 5.73 Å². The van der Waals surface area contributed by atoms with Gasteiger partial charge in [-0.05, 0) is 36.2 Å². The van der Waals surface area contributed by atoms with Crippen molar-refractivity contribution in [1.82, 2.24) is 0 Å². The Hall–Kier alpha value is -0.670. The second-order valence-corrected chi connectivity index (χ2v) is 6.27. The predicted molar refractivity (Wildman–Crippen MR) is 72.2 cm³/mol. The van der Waals surface area contributed by atoms with Gasteiger partial charge >= 0.3 is 0 Å². The zero-order chi connectivity index (χ0) is 12.1. The summed E-state index contributed by atoms with van der Waals surface area (Å²) in [5, 5.41) is 2.03. The Balaban J connectivity index is 1.91. The van der Waals surface area contributed by atoms with Crippen molar-refractivity contribution in [2.45, 2.75) is 44.9 Å². The van der Waals surface area contributed by atoms with E-state index in [0.717, 1.165) is 12.8 Å². The molecule has 94 valence electrons. The topological polar surface area (TPSA) is 43.1 Å². The van der Waals surface area contributed by atoms with E-state index in [1.165, 1.54) is 24.1 Å². The molecule has 0 unspecified atom stereocenters. The molecule has 0 saturated heterocycles. The molecular weight excluding hydrogens is 230 g/mol. The molecule has 0 amide bonds. The average Bonchev–Trinajstić information content (AvgIpc) is 2.83. The van der Waals surface area contributed by atoms with Gasteiger partial charge in [-0.1, -0.05) is 25.3 Å². The minimum atomic E-state index is 0.118. The van der Waals surface area contributed by atoms with Crippen LogP contribution in [0.15, 0.2) is 17.5 Å². The highest BCUT2D eigenvalue weighted by Gasteiger charge is 2.32. The second-order valence-electron chi connectivity index (χ2n) is 5.24. The third kappa shape index (κ3) is 3.39. The summed E-state index contributed by atoms with van der Waals surface area (Å²) in [7, 11) is 0. The van der Waals surface area contributed by atoms with Crippen molar-refractivity contribution in [1.29, 1.82) is 0 Å². The van der Waals surface area contributed by atoms with E-state index in [2.05, 4.69) is 0 Å². The van der Waals surface area contributed by atoms with Crippen molar-refractivity contribution in [3.8, 4) is 0 Å². The Bertz CT molecular complexity index is 352. The predicted octanol–water partition coefficient (Wildman–Crippen LogP) is 3.16. The van der Waals surface area contributed by atoms with Crippen LogP contribution in [-0.4, -0.2) is 12.3 Å². The molecule has 0 aliphatic heterocycles. The molecule has 2 nitrogen and oxygen atoms in total. The second kappa shape index (κ2) is 5.78. The van der Waals surface area contributed by atoms with Crippen molar-refractivity contribution in [2.75, 3.05) is 6.54 Å². The van der Waals surface area contributed by atoms with E-state index in [9.17, 15) is 4.79 Å². The van der Waals surface area contributed by atoms with E-state index in [4.69, 9.17) is 5.73 Å². The smallest absolute Gasteiger partial charge is 0.138 e. The SMILES string of the molecule is NCC1(CC(=O)Cc2cccs2)CCCCC1. The lowest BCUT2D eigenvalue weighted by Crippen LogP contribution is -2.35. The van der Waals surface area contributed by atoms with E-state index < -0.39 is 0 Å². The Kier molecular flexibility index (Phi) is 4.35. The average molecular weight is 251 g/mol. The van der Waals surface area contributed by atoms with Crippen LogP contribution in [0.3, 0.4) is 0 Å². The highest BCUT2D eigenvalue weighted by molar-refractivity contribution is 7.10. The van der Waals surface area contributed by atoms with Gasteiger partial charge in [-0.15, -0.1) is 11.3 Å². The first-order valence-corrected chi connectivity index (χ1v) is 7.36. The molecule has 1 aliphatic carbocycles. The molecule has 0 aromatic carbocycles. The molecule has 0 radical (unpaired) electrons. The highest BCUT2D eigenvalue weighted by atomic mass is 32.1. The maximum absolute atomic E-state index is 12.1. The molecule has 3 heteroatoms. The zero-order valence-electron chi connectivity index (χ0n) is 10.3. The first-order valence-electron chi connectivity index (χ1n) is 6.48. The normalized spacial score (nSPS) is 19.1. The van der Waals surface area contributed by atoms with Gasteiger partial charge in [0, 0.05) is 17.7 Å². The highest BCUT2D eigenvalue weighted by Crippen LogP contribution is 2.38. The quantitative estimate of drug-likeness (QED) is 0.873. The molecule has 0 bridgehead atoms. The molecular formula is C14H21NOS. The monoisotopic (exact) mass is 251 g/mol. The van der Waals surface area contributed by atoms with Crippen LogP contribution in [-0.2, 0) is 11.2 Å². The molecule has 1 aromatic heterocycles. The number of Topliss-reactive ketones (excluding diaryl/α,β-unsaturated/α-hetero) is 1. The van der Waals surface area contributed by atoms with Gasteiger partial charge in [0.15, 0.2) is 0 Å². The summed E-state index contributed by atoms with van der Waals surface area (Å²) in [6.45, 7) is 0.670. The van der Waals surface area contributed by atoms with Gasteiger partial charge in [-0.3, -0.25) is 4.79 Å². The van der Waals surface area contributed by atoms with E-state index >= 15 is 0 Å². The first-order chi connectivity index (χ1) is 8.24. The van der Waals surface area contributed by atoms with Crippen LogP contribution in [0.5, 0.6) is 0 Å². The summed E-state index contributed by atoms with van der Waals surface area (Å²) in [6, 6.07) is 4.05. The Morgan fingerprint density at radius 1 is 1.35 bits per heavy atom. The lowest BCUT2D eigenvalue weighted by molar-refractivity contribution is -0.121. The minimum Gasteiger partial charge on any atom is -0.330 e. The van der Waals surface area contributed by atoms with Crippen LogP contribution < -0.4 is 5.73 Å². The maximum Gasteiger partial charge on any atom is 0.138 e. The van der Waals surface area contributed by atoms with Crippen molar-refractivity contribution in [3.63, 3.8) is 0 Å². The molecule has 0 spiro atoms. The van der Waals surface area contributed by atoms with E-state index in [-0.39, 0.29) is 5.41 Å². The molecule has 2 N–H and O–H groups in total. The summed E-state index contributed by atoms with van der Waals surface area (Å²) >= 11 is 1.67. The lowest BCUT2D eigenvalue weighted by atomic mass is 9.71. The Labute approximate surface area is 107 Å². The molecule has 1 fully saturated rings. The van der Waals surface area contributed by atoms with Crippen LogP contribution in [0.2, 0.25) is 0 Å². The van der Waals surface area contributed by atoms with Crippen molar-refractivity contribution in [2.24, 2.45) is 11.1 Å². The fraction of sp³-hybridized carbons (Fsp3) is 0.643. The summed E-state index contributed by atoms with van der Waals surface area (Å²) in [5.74, 6) is 0.361. The number of hydrogen-bond acceptors (Lipinski definition) is 3. The standard InChI is InChI=1S/C14H21NOS/c15-11-14(6-2-1-3-7-14)10-12(16)9-13-5-4-8-17-13/h4-5,8H,1-3,6-7,9-11,15H2. The summed E-state index contributed by atoms with van der Waals surface area (Å²) in [5.41, 5.74) is 6.03. The number of hydrogen-bond donors (Lipinski definition) is 1. The fourth-order valence-corrected chi connectivity index (χ4v) is 3.58. The Morgan fingerprint density at radius 3 is 2.71 bits per heavy atom. The number of nitrogens with two attached hydrogens (primary N) is 1. The fourth-order valence-electron chi connectivity index (χ4n) is 2.84. The number of thiophene rings is 1. The molecule has 1 aromatic rings. The molecule has 17 heavy (non-hydrogen) atoms. The van der Waals surface area contributed by atoms with Crippen molar-refractivity contribution >= 4 is 17.1 Å². The third-order valence-electron chi connectivity index (χ3n) is 3.87. The number of rotatable bonds is 5. The summed E-state index contributed by atoms with van der Waals surface area (Å²) in [6.07, 6.45) is 7.34. The molecule has 1 aliphatic rings. The van der Waals surface area contributed by atoms with Gasteiger partial charge in [0.05, 0.1) is 0 Å². The molecule has 2 rings (SSSR count). The lowest BCUT2D eigenvalue weighted by Gasteiger charge is -2.35. The summed E-state index contributed by atoms with van der Waals surface area (Å²) in [4.78, 5) is 13.3. The van der Waals surface area contributed by atoms with E-state index in [0.29, 0.717) is 25.2 Å².